The van der Waals surface area contributed by atoms with E-state index in [4.69, 9.17) is 5.11 Å². The quantitative estimate of drug-likeness (QED) is 0.794. The van der Waals surface area contributed by atoms with Gasteiger partial charge in [-0.15, -0.1) is 0 Å². The number of aromatic hydroxyl groups is 1. The largest absolute Gasteiger partial charge is 0.508 e. The molecule has 2 rings (SSSR count). The van der Waals surface area contributed by atoms with Gasteiger partial charge in [-0.1, -0.05) is 0 Å². The van der Waals surface area contributed by atoms with Crippen molar-refractivity contribution >= 4 is 5.78 Å². The molecule has 1 aromatic heterocycles. The number of phenols is 1. The van der Waals surface area contributed by atoms with Gasteiger partial charge in [-0.25, -0.2) is 14.1 Å². The van der Waals surface area contributed by atoms with Gasteiger partial charge in [0.15, 0.2) is 0 Å². The minimum absolute atomic E-state index is 0.0210. The number of carbonyl (C=O) groups is 1. The first-order valence-electron chi connectivity index (χ1n) is 4.50. The molecule has 2 aromatic rings. The molecule has 0 spiro atoms. The van der Waals surface area contributed by atoms with Crippen LogP contribution in [0.5, 0.6) is 5.75 Å². The molecule has 16 heavy (non-hydrogen) atoms. The van der Waals surface area contributed by atoms with Crippen molar-refractivity contribution in [2.45, 2.75) is 6.30 Å². The van der Waals surface area contributed by atoms with Crippen molar-refractivity contribution in [1.29, 1.82) is 0 Å². The number of aromatic nitrogens is 3. The highest BCUT2D eigenvalue weighted by Gasteiger charge is 2.21. The van der Waals surface area contributed by atoms with Gasteiger partial charge in [0.25, 0.3) is 6.30 Å². The van der Waals surface area contributed by atoms with Crippen molar-refractivity contribution in [1.82, 2.24) is 14.8 Å². The Bertz CT molecular complexity index is 481. The summed E-state index contributed by atoms with van der Waals surface area (Å²) < 4.78 is 14.4. The van der Waals surface area contributed by atoms with E-state index in [0.717, 1.165) is 17.3 Å². The number of phenolic OH excluding ortho intramolecular Hbond substituents is 1. The van der Waals surface area contributed by atoms with Gasteiger partial charge in [0, 0.05) is 5.56 Å². The minimum atomic E-state index is -1.90. The molecule has 0 saturated heterocycles. The molecule has 1 atom stereocenters. The van der Waals surface area contributed by atoms with Gasteiger partial charge in [-0.3, -0.25) is 4.79 Å². The predicted octanol–water partition coefficient (Wildman–Crippen LogP) is 1.33. The number of carbonyl (C=O) groups excluding carboxylic acids is 1. The Labute approximate surface area is 90.2 Å². The van der Waals surface area contributed by atoms with Gasteiger partial charge < -0.3 is 5.11 Å². The lowest BCUT2D eigenvalue weighted by Crippen LogP contribution is -2.15. The molecule has 0 aliphatic rings. The van der Waals surface area contributed by atoms with E-state index in [1.165, 1.54) is 24.3 Å². The normalized spacial score (nSPS) is 12.3. The Morgan fingerprint density at radius 2 is 2.06 bits per heavy atom. The predicted molar refractivity (Wildman–Crippen MR) is 52.6 cm³/mol. The summed E-state index contributed by atoms with van der Waals surface area (Å²) in [6.07, 6.45) is 0.381. The molecule has 6 heteroatoms. The first-order valence-corrected chi connectivity index (χ1v) is 4.50. The number of ketones is 1. The second-order valence-electron chi connectivity index (χ2n) is 3.12. The number of rotatable bonds is 3. The van der Waals surface area contributed by atoms with E-state index in [0.29, 0.717) is 0 Å². The molecule has 82 valence electrons. The van der Waals surface area contributed by atoms with Gasteiger partial charge in [0.2, 0.25) is 5.78 Å². The lowest BCUT2D eigenvalue weighted by Gasteiger charge is -2.06. The molecular formula is C10H8FN3O2. The SMILES string of the molecule is O=C(c1ccc(O)cc1)C(F)n1cncn1. The van der Waals surface area contributed by atoms with E-state index in [2.05, 4.69) is 10.1 Å². The smallest absolute Gasteiger partial charge is 0.255 e. The van der Waals surface area contributed by atoms with Crippen LogP contribution in [0.3, 0.4) is 0 Å². The zero-order valence-corrected chi connectivity index (χ0v) is 8.12. The summed E-state index contributed by atoms with van der Waals surface area (Å²) in [6, 6.07) is 5.34. The highest BCUT2D eigenvalue weighted by molar-refractivity contribution is 5.98. The van der Waals surface area contributed by atoms with Crippen LogP contribution in [-0.4, -0.2) is 25.7 Å². The fourth-order valence-corrected chi connectivity index (χ4v) is 1.22. The fourth-order valence-electron chi connectivity index (χ4n) is 1.22. The standard InChI is InChI=1S/C10H8FN3O2/c11-10(14-6-12-5-13-14)9(16)7-1-3-8(15)4-2-7/h1-6,10,15H. The Kier molecular flexibility index (Phi) is 2.63. The molecule has 0 aliphatic carbocycles. The minimum Gasteiger partial charge on any atom is -0.508 e. The molecule has 0 radical (unpaired) electrons. The molecule has 0 aliphatic heterocycles. The number of benzene rings is 1. The molecular weight excluding hydrogens is 213 g/mol. The van der Waals surface area contributed by atoms with Gasteiger partial charge in [0.05, 0.1) is 0 Å². The average Bonchev–Trinajstić information content (AvgIpc) is 2.81. The van der Waals surface area contributed by atoms with E-state index in [1.54, 1.807) is 0 Å². The van der Waals surface area contributed by atoms with E-state index in [-0.39, 0.29) is 11.3 Å². The number of Topliss-reactive ketones (excluding diaryl/α,β-unsaturated/α-hetero) is 1. The molecule has 5 nitrogen and oxygen atoms in total. The van der Waals surface area contributed by atoms with Crippen LogP contribution in [-0.2, 0) is 0 Å². The summed E-state index contributed by atoms with van der Waals surface area (Å²) in [5, 5.41) is 12.6. The summed E-state index contributed by atoms with van der Waals surface area (Å²) in [6.45, 7) is 0. The Balaban J connectivity index is 2.22. The van der Waals surface area contributed by atoms with Gasteiger partial charge in [-0.05, 0) is 24.3 Å². The summed E-state index contributed by atoms with van der Waals surface area (Å²) in [7, 11) is 0. The molecule has 1 N–H and O–H groups in total. The van der Waals surface area contributed by atoms with Crippen LogP contribution in [0.4, 0.5) is 4.39 Å². The van der Waals surface area contributed by atoms with Crippen LogP contribution in [0.2, 0.25) is 0 Å². The van der Waals surface area contributed by atoms with Crippen molar-refractivity contribution in [3.05, 3.63) is 42.5 Å². The molecule has 1 unspecified atom stereocenters. The number of hydrogen-bond acceptors (Lipinski definition) is 4. The van der Waals surface area contributed by atoms with E-state index in [9.17, 15) is 9.18 Å². The van der Waals surface area contributed by atoms with Crippen LogP contribution in [0.25, 0.3) is 0 Å². The number of hydrogen-bond donors (Lipinski definition) is 1. The number of halogens is 1. The van der Waals surface area contributed by atoms with Crippen molar-refractivity contribution < 1.29 is 14.3 Å². The lowest BCUT2D eigenvalue weighted by molar-refractivity contribution is 0.0779. The average molecular weight is 221 g/mol. The van der Waals surface area contributed by atoms with Gasteiger partial charge in [0.1, 0.15) is 18.4 Å². The number of nitrogens with zero attached hydrogens (tertiary/aromatic N) is 3. The van der Waals surface area contributed by atoms with Crippen molar-refractivity contribution in [3.63, 3.8) is 0 Å². The van der Waals surface area contributed by atoms with Crippen LogP contribution < -0.4 is 0 Å². The molecule has 1 heterocycles. The summed E-state index contributed by atoms with van der Waals surface area (Å²) in [4.78, 5) is 15.2. The van der Waals surface area contributed by atoms with E-state index < -0.39 is 12.1 Å². The van der Waals surface area contributed by atoms with Crippen molar-refractivity contribution in [2.24, 2.45) is 0 Å². The van der Waals surface area contributed by atoms with Crippen LogP contribution >= 0.6 is 0 Å². The third-order valence-electron chi connectivity index (χ3n) is 2.04. The Morgan fingerprint density at radius 1 is 1.38 bits per heavy atom. The summed E-state index contributed by atoms with van der Waals surface area (Å²) in [5.74, 6) is -0.710. The number of alkyl halides is 1. The molecule has 0 amide bonds. The Hall–Kier alpha value is -2.24. The first kappa shape index (κ1) is 10.3. The van der Waals surface area contributed by atoms with Crippen molar-refractivity contribution in [3.8, 4) is 5.75 Å². The highest BCUT2D eigenvalue weighted by Crippen LogP contribution is 2.17. The van der Waals surface area contributed by atoms with Gasteiger partial charge in [-0.2, -0.15) is 5.10 Å². The Morgan fingerprint density at radius 3 is 2.62 bits per heavy atom. The highest BCUT2D eigenvalue weighted by atomic mass is 19.1. The topological polar surface area (TPSA) is 68.0 Å². The molecule has 1 aromatic carbocycles. The van der Waals surface area contributed by atoms with Crippen LogP contribution in [0.1, 0.15) is 16.7 Å². The monoisotopic (exact) mass is 221 g/mol. The second-order valence-corrected chi connectivity index (χ2v) is 3.12. The van der Waals surface area contributed by atoms with Crippen LogP contribution in [0, 0.1) is 0 Å². The van der Waals surface area contributed by atoms with E-state index in [1.807, 2.05) is 0 Å². The maximum absolute atomic E-state index is 13.6. The second kappa shape index (κ2) is 4.09. The van der Waals surface area contributed by atoms with Crippen molar-refractivity contribution in [2.75, 3.05) is 0 Å². The molecule has 0 bridgehead atoms. The summed E-state index contributed by atoms with van der Waals surface area (Å²) >= 11 is 0. The van der Waals surface area contributed by atoms with Crippen LogP contribution in [0.15, 0.2) is 36.9 Å². The first-order chi connectivity index (χ1) is 7.68. The van der Waals surface area contributed by atoms with E-state index >= 15 is 0 Å². The lowest BCUT2D eigenvalue weighted by atomic mass is 10.1. The zero-order valence-electron chi connectivity index (χ0n) is 8.12. The fraction of sp³-hybridized carbons (Fsp3) is 0.100. The van der Waals surface area contributed by atoms with Gasteiger partial charge >= 0.3 is 0 Å². The maximum Gasteiger partial charge on any atom is 0.255 e. The maximum atomic E-state index is 13.6. The summed E-state index contributed by atoms with van der Waals surface area (Å²) in [5.41, 5.74) is 0.167. The molecule has 0 fully saturated rings. The molecule has 0 saturated carbocycles. The third-order valence-corrected chi connectivity index (χ3v) is 2.04. The third kappa shape index (κ3) is 1.90. The zero-order chi connectivity index (χ0) is 11.5.